The Kier molecular flexibility index (Phi) is 9.19. The summed E-state index contributed by atoms with van der Waals surface area (Å²) >= 11 is 0. The molecule has 1 unspecified atom stereocenters. The van der Waals surface area contributed by atoms with E-state index in [1.807, 2.05) is 53.1 Å². The summed E-state index contributed by atoms with van der Waals surface area (Å²) < 4.78 is 1.82. The van der Waals surface area contributed by atoms with E-state index in [2.05, 4.69) is 15.6 Å². The fourth-order valence-corrected chi connectivity index (χ4v) is 3.76. The first-order valence-electron chi connectivity index (χ1n) is 12.3. The van der Waals surface area contributed by atoms with Crippen molar-refractivity contribution in [3.8, 4) is 0 Å². The molecule has 0 saturated carbocycles. The number of imidazole rings is 1. The summed E-state index contributed by atoms with van der Waals surface area (Å²) in [4.78, 5) is 43.7. The van der Waals surface area contributed by atoms with Crippen molar-refractivity contribution in [2.45, 2.75) is 51.2 Å². The predicted octanol–water partition coefficient (Wildman–Crippen LogP) is 2.82. The third-order valence-electron chi connectivity index (χ3n) is 5.84. The zero-order chi connectivity index (χ0) is 27.0. The third kappa shape index (κ3) is 8.28. The molecule has 4 N–H and O–H groups in total. The van der Waals surface area contributed by atoms with Gasteiger partial charge in [0.2, 0.25) is 11.8 Å². The molecule has 0 bridgehead atoms. The number of aromatic nitrogens is 2. The minimum atomic E-state index is -1.11. The summed E-state index contributed by atoms with van der Waals surface area (Å²) in [5, 5.41) is 5.60. The fraction of sp³-hybridized carbons (Fsp3) is 0.357. The monoisotopic (exact) mass is 504 g/mol. The lowest BCUT2D eigenvalue weighted by molar-refractivity contribution is -0.129. The van der Waals surface area contributed by atoms with Crippen molar-refractivity contribution < 1.29 is 14.4 Å². The zero-order valence-corrected chi connectivity index (χ0v) is 21.9. The molecule has 0 aliphatic rings. The van der Waals surface area contributed by atoms with E-state index in [1.165, 1.54) is 10.5 Å². The molecule has 3 aromatic rings. The van der Waals surface area contributed by atoms with Crippen LogP contribution in [0.4, 0.5) is 5.82 Å². The van der Waals surface area contributed by atoms with E-state index in [0.29, 0.717) is 30.8 Å². The first kappa shape index (κ1) is 27.6. The summed E-state index contributed by atoms with van der Waals surface area (Å²) in [6, 6.07) is 16.6. The number of benzene rings is 2. The molecule has 196 valence electrons. The van der Waals surface area contributed by atoms with Gasteiger partial charge in [0.15, 0.2) is 5.82 Å². The van der Waals surface area contributed by atoms with Gasteiger partial charge in [-0.15, -0.1) is 0 Å². The maximum Gasteiger partial charge on any atom is 0.253 e. The van der Waals surface area contributed by atoms with Gasteiger partial charge in [-0.05, 0) is 56.4 Å². The number of carbonyl (C=O) groups excluding carboxylic acids is 3. The molecule has 3 rings (SSSR count). The molecule has 9 heteroatoms. The predicted molar refractivity (Wildman–Crippen MR) is 144 cm³/mol. The van der Waals surface area contributed by atoms with Gasteiger partial charge in [-0.2, -0.15) is 0 Å². The SMILES string of the molecule is CN(C)C(=O)c1cccc(Cn2cnc(NC(=O)C(CCCc3ccccc3)NC(=O)C(C)(C)N)c2)c1. The molecule has 3 amide bonds. The molecular weight excluding hydrogens is 468 g/mol. The van der Waals surface area contributed by atoms with Gasteiger partial charge >= 0.3 is 0 Å². The molecule has 2 aromatic carbocycles. The Morgan fingerprint density at radius 1 is 1.05 bits per heavy atom. The summed E-state index contributed by atoms with van der Waals surface area (Å²) in [6.07, 6.45) is 5.28. The quantitative estimate of drug-likeness (QED) is 0.371. The van der Waals surface area contributed by atoms with Crippen molar-refractivity contribution in [3.05, 3.63) is 83.8 Å². The molecular formula is C28H36N6O3. The highest BCUT2D eigenvalue weighted by atomic mass is 16.2. The van der Waals surface area contributed by atoms with E-state index in [0.717, 1.165) is 12.0 Å². The van der Waals surface area contributed by atoms with Crippen LogP contribution in [0.15, 0.2) is 67.1 Å². The Morgan fingerprint density at radius 2 is 1.76 bits per heavy atom. The number of aryl methyl sites for hydroxylation is 1. The topological polar surface area (TPSA) is 122 Å². The number of hydrogen-bond acceptors (Lipinski definition) is 5. The van der Waals surface area contributed by atoms with Gasteiger partial charge in [0.1, 0.15) is 6.04 Å². The second-order valence-electron chi connectivity index (χ2n) is 9.95. The van der Waals surface area contributed by atoms with Crippen LogP contribution in [0.1, 0.15) is 48.2 Å². The van der Waals surface area contributed by atoms with Gasteiger partial charge in [0.05, 0.1) is 11.9 Å². The third-order valence-corrected chi connectivity index (χ3v) is 5.84. The number of rotatable bonds is 11. The van der Waals surface area contributed by atoms with Crippen molar-refractivity contribution in [1.82, 2.24) is 19.8 Å². The van der Waals surface area contributed by atoms with E-state index >= 15 is 0 Å². The summed E-state index contributed by atoms with van der Waals surface area (Å²) in [7, 11) is 3.43. The molecule has 1 atom stereocenters. The average molecular weight is 505 g/mol. The highest BCUT2D eigenvalue weighted by Crippen LogP contribution is 2.13. The van der Waals surface area contributed by atoms with Crippen molar-refractivity contribution in [1.29, 1.82) is 0 Å². The zero-order valence-electron chi connectivity index (χ0n) is 21.9. The molecule has 0 aliphatic heterocycles. The number of nitrogens with one attached hydrogen (secondary N) is 2. The van der Waals surface area contributed by atoms with Gasteiger partial charge < -0.3 is 25.8 Å². The number of hydrogen-bond donors (Lipinski definition) is 3. The molecule has 1 heterocycles. The van der Waals surface area contributed by atoms with E-state index < -0.39 is 17.5 Å². The molecule has 0 saturated heterocycles. The number of nitrogens with zero attached hydrogens (tertiary/aromatic N) is 3. The second-order valence-corrected chi connectivity index (χ2v) is 9.95. The van der Waals surface area contributed by atoms with Gasteiger partial charge in [0.25, 0.3) is 5.91 Å². The largest absolute Gasteiger partial charge is 0.345 e. The van der Waals surface area contributed by atoms with Crippen LogP contribution in [-0.4, -0.2) is 57.8 Å². The average Bonchev–Trinajstić information content (AvgIpc) is 3.29. The van der Waals surface area contributed by atoms with Crippen LogP contribution in [0.5, 0.6) is 0 Å². The van der Waals surface area contributed by atoms with Crippen LogP contribution in [-0.2, 0) is 22.6 Å². The smallest absolute Gasteiger partial charge is 0.253 e. The van der Waals surface area contributed by atoms with Crippen molar-refractivity contribution >= 4 is 23.5 Å². The first-order valence-corrected chi connectivity index (χ1v) is 12.3. The molecule has 0 radical (unpaired) electrons. The summed E-state index contributed by atoms with van der Waals surface area (Å²) in [6.45, 7) is 3.68. The first-order chi connectivity index (χ1) is 17.5. The number of anilines is 1. The van der Waals surface area contributed by atoms with Crippen molar-refractivity contribution in [2.75, 3.05) is 19.4 Å². The number of carbonyl (C=O) groups is 3. The molecule has 37 heavy (non-hydrogen) atoms. The van der Waals surface area contributed by atoms with Crippen molar-refractivity contribution in [2.24, 2.45) is 5.73 Å². The molecule has 1 aromatic heterocycles. The van der Waals surface area contributed by atoms with E-state index in [-0.39, 0.29) is 11.8 Å². The van der Waals surface area contributed by atoms with Gasteiger partial charge in [-0.3, -0.25) is 14.4 Å². The van der Waals surface area contributed by atoms with Crippen LogP contribution in [0.2, 0.25) is 0 Å². The molecule has 0 spiro atoms. The van der Waals surface area contributed by atoms with Gasteiger partial charge in [-0.25, -0.2) is 4.98 Å². The fourth-order valence-electron chi connectivity index (χ4n) is 3.76. The highest BCUT2D eigenvalue weighted by molar-refractivity contribution is 5.97. The lowest BCUT2D eigenvalue weighted by Gasteiger charge is -2.23. The maximum absolute atomic E-state index is 13.1. The van der Waals surface area contributed by atoms with Gasteiger partial charge in [0, 0.05) is 32.4 Å². The van der Waals surface area contributed by atoms with E-state index in [9.17, 15) is 14.4 Å². The standard InChI is InChI=1S/C28H36N6O3/c1-28(2,29)27(37)31-23(15-9-12-20-10-6-5-7-11-20)25(35)32-24-18-34(19-30-24)17-21-13-8-14-22(16-21)26(36)33(3)4/h5-8,10-11,13-14,16,18-19,23H,9,12,15,17,29H2,1-4H3,(H,31,37)(H,32,35). The normalized spacial score (nSPS) is 12.0. The number of amides is 3. The van der Waals surface area contributed by atoms with Crippen LogP contribution < -0.4 is 16.4 Å². The Bertz CT molecular complexity index is 1210. The summed E-state index contributed by atoms with van der Waals surface area (Å²) in [5.41, 5.74) is 7.53. The maximum atomic E-state index is 13.1. The van der Waals surface area contributed by atoms with Crippen LogP contribution in [0.3, 0.4) is 0 Å². The molecule has 9 nitrogen and oxygen atoms in total. The Balaban J connectivity index is 1.65. The van der Waals surface area contributed by atoms with Gasteiger partial charge in [-0.1, -0.05) is 42.5 Å². The minimum absolute atomic E-state index is 0.0681. The molecule has 0 aliphatic carbocycles. The Hall–Kier alpha value is -3.98. The molecule has 0 fully saturated rings. The van der Waals surface area contributed by atoms with Crippen LogP contribution >= 0.6 is 0 Å². The minimum Gasteiger partial charge on any atom is -0.345 e. The lowest BCUT2D eigenvalue weighted by atomic mass is 10.0. The lowest BCUT2D eigenvalue weighted by Crippen LogP contribution is -2.54. The van der Waals surface area contributed by atoms with Crippen LogP contribution in [0.25, 0.3) is 0 Å². The highest BCUT2D eigenvalue weighted by Gasteiger charge is 2.28. The number of nitrogens with two attached hydrogens (primary N) is 1. The summed E-state index contributed by atoms with van der Waals surface area (Å²) in [5.74, 6) is -0.444. The Morgan fingerprint density at radius 3 is 2.43 bits per heavy atom. The van der Waals surface area contributed by atoms with Crippen LogP contribution in [0, 0.1) is 0 Å². The second kappa shape index (κ2) is 12.3. The van der Waals surface area contributed by atoms with E-state index in [4.69, 9.17) is 5.73 Å². The Labute approximate surface area is 218 Å². The van der Waals surface area contributed by atoms with Crippen molar-refractivity contribution in [3.63, 3.8) is 0 Å². The van der Waals surface area contributed by atoms with E-state index in [1.54, 1.807) is 46.5 Å².